The molecule has 2 radical (unpaired) electrons. The molecule has 0 aliphatic heterocycles. The molecule has 0 aromatic rings. The Morgan fingerprint density at radius 3 is 0.333 bits per heavy atom. The number of hydrogen-bond acceptors (Lipinski definition) is 0. The van der Waals surface area contributed by atoms with Gasteiger partial charge in [0.2, 0.25) is 0 Å². The molecular weight excluding hydrogens is 174 g/mol. The molecular formula is Mn2O4. The summed E-state index contributed by atoms with van der Waals surface area (Å²) in [5, 5.41) is 0. The molecule has 0 N–H and O–H groups in total. The van der Waals surface area contributed by atoms with Gasteiger partial charge in [0.1, 0.15) is 0 Å². The van der Waals surface area contributed by atoms with E-state index in [0.717, 1.165) is 0 Å². The second-order valence-corrected chi connectivity index (χ2v) is 0. The van der Waals surface area contributed by atoms with Crippen molar-refractivity contribution in [3.63, 3.8) is 0 Å². The summed E-state index contributed by atoms with van der Waals surface area (Å²) in [4.78, 5) is 0. The van der Waals surface area contributed by atoms with Crippen LogP contribution in [0.5, 0.6) is 0 Å². The Hall–Kier alpha value is 0.879. The third-order valence-corrected chi connectivity index (χ3v) is 0. The molecule has 0 aliphatic rings. The van der Waals surface area contributed by atoms with Crippen molar-refractivity contribution in [2.75, 3.05) is 0 Å². The molecule has 0 heterocycles. The van der Waals surface area contributed by atoms with Crippen molar-refractivity contribution in [2.45, 2.75) is 0 Å². The summed E-state index contributed by atoms with van der Waals surface area (Å²) in [7, 11) is 0. The zero-order valence-corrected chi connectivity index (χ0v) is 4.75. The zero-order chi connectivity index (χ0) is 0. The fraction of sp³-hybridized carbons (Fsp3) is 0. The summed E-state index contributed by atoms with van der Waals surface area (Å²) in [5.41, 5.74) is 0. The van der Waals surface area contributed by atoms with Gasteiger partial charge >= 0.3 is 34.1 Å². The minimum atomic E-state index is 0. The first-order valence-corrected chi connectivity index (χ1v) is 0. The SMILES string of the molecule is [Mn+4].[Mn+4].[O-2].[O-2].[O-2].[O-2]. The summed E-state index contributed by atoms with van der Waals surface area (Å²) < 4.78 is 0. The van der Waals surface area contributed by atoms with Gasteiger partial charge in [-0.15, -0.1) is 0 Å². The van der Waals surface area contributed by atoms with Gasteiger partial charge < -0.3 is 21.9 Å². The van der Waals surface area contributed by atoms with E-state index in [1.54, 1.807) is 0 Å². The molecule has 6 heteroatoms. The van der Waals surface area contributed by atoms with Crippen LogP contribution in [-0.4, -0.2) is 0 Å². The average molecular weight is 174 g/mol. The zero-order valence-electron chi connectivity index (χ0n) is 2.39. The molecule has 0 rings (SSSR count). The van der Waals surface area contributed by atoms with Gasteiger partial charge in [0.15, 0.2) is 0 Å². The largest absolute Gasteiger partial charge is 4.00 e. The van der Waals surface area contributed by atoms with Crippen LogP contribution in [0.2, 0.25) is 0 Å². The molecule has 0 bridgehead atoms. The molecule has 0 aliphatic carbocycles. The minimum Gasteiger partial charge on any atom is -2.00 e. The molecule has 0 amide bonds. The topological polar surface area (TPSA) is 114 Å². The van der Waals surface area contributed by atoms with Crippen LogP contribution in [0, 0.1) is 0 Å². The molecule has 0 unspecified atom stereocenters. The smallest absolute Gasteiger partial charge is 2.00 e. The molecule has 0 atom stereocenters. The average Bonchev–Trinajstić information content (AvgIpc) is 0. The molecule has 0 aromatic heterocycles. The van der Waals surface area contributed by atoms with Gasteiger partial charge in [0.25, 0.3) is 0 Å². The van der Waals surface area contributed by atoms with Gasteiger partial charge in [-0.05, 0) is 0 Å². The van der Waals surface area contributed by atoms with Crippen molar-refractivity contribution in [3.05, 3.63) is 0 Å². The summed E-state index contributed by atoms with van der Waals surface area (Å²) in [6, 6.07) is 0. The van der Waals surface area contributed by atoms with Gasteiger partial charge in [-0.2, -0.15) is 0 Å². The van der Waals surface area contributed by atoms with Gasteiger partial charge in [-0.1, -0.05) is 0 Å². The normalized spacial score (nSPS) is 0. The third kappa shape index (κ3) is 95.0. The Morgan fingerprint density at radius 1 is 0.333 bits per heavy atom. The predicted molar refractivity (Wildman–Crippen MR) is 2.75 cm³/mol. The van der Waals surface area contributed by atoms with Crippen LogP contribution in [-0.2, 0) is 56.0 Å². The standard InChI is InChI=1S/2Mn.4O/q2*+4;4*-2. The Bertz CT molecular complexity index is 5.51. The Labute approximate surface area is 56.5 Å². The van der Waals surface area contributed by atoms with Crippen LogP contribution in [0.4, 0.5) is 0 Å². The van der Waals surface area contributed by atoms with Crippen LogP contribution < -0.4 is 0 Å². The van der Waals surface area contributed by atoms with Gasteiger partial charge in [-0.25, -0.2) is 0 Å². The molecule has 0 spiro atoms. The Morgan fingerprint density at radius 2 is 0.333 bits per heavy atom. The van der Waals surface area contributed by atoms with Crippen molar-refractivity contribution < 1.29 is 56.0 Å². The van der Waals surface area contributed by atoms with E-state index in [0.29, 0.717) is 0 Å². The first-order chi connectivity index (χ1) is 0. The molecule has 0 saturated carbocycles. The summed E-state index contributed by atoms with van der Waals surface area (Å²) in [5.74, 6) is 0. The van der Waals surface area contributed by atoms with E-state index < -0.39 is 0 Å². The Kier molecular flexibility index (Phi) is 9290. The fourth-order valence-electron chi connectivity index (χ4n) is 0. The van der Waals surface area contributed by atoms with E-state index >= 15 is 0 Å². The Balaban J connectivity index is 0. The fourth-order valence-corrected chi connectivity index (χ4v) is 0. The molecule has 0 fully saturated rings. The quantitative estimate of drug-likeness (QED) is 0.441. The van der Waals surface area contributed by atoms with Gasteiger partial charge in [0, 0.05) is 0 Å². The van der Waals surface area contributed by atoms with E-state index in [1.165, 1.54) is 0 Å². The van der Waals surface area contributed by atoms with E-state index in [-0.39, 0.29) is 56.0 Å². The summed E-state index contributed by atoms with van der Waals surface area (Å²) >= 11 is 0. The number of rotatable bonds is 0. The van der Waals surface area contributed by atoms with E-state index in [1.807, 2.05) is 0 Å². The molecule has 6 heavy (non-hydrogen) atoms. The van der Waals surface area contributed by atoms with E-state index in [9.17, 15) is 0 Å². The maximum Gasteiger partial charge on any atom is 4.00 e. The van der Waals surface area contributed by atoms with Crippen molar-refractivity contribution in [1.29, 1.82) is 0 Å². The van der Waals surface area contributed by atoms with Crippen LogP contribution in [0.15, 0.2) is 0 Å². The third-order valence-electron chi connectivity index (χ3n) is 0. The van der Waals surface area contributed by atoms with Crippen LogP contribution in [0.25, 0.3) is 0 Å². The predicted octanol–water partition coefficient (Wildman–Crippen LogP) is -0.480. The van der Waals surface area contributed by atoms with Gasteiger partial charge in [0.05, 0.1) is 0 Å². The van der Waals surface area contributed by atoms with E-state index in [2.05, 4.69) is 0 Å². The number of hydrogen-bond donors (Lipinski definition) is 0. The summed E-state index contributed by atoms with van der Waals surface area (Å²) in [6.07, 6.45) is 0. The first kappa shape index (κ1) is 308. The molecule has 0 aromatic carbocycles. The van der Waals surface area contributed by atoms with Crippen molar-refractivity contribution in [2.24, 2.45) is 0 Å². The minimum absolute atomic E-state index is 0. The summed E-state index contributed by atoms with van der Waals surface area (Å²) in [6.45, 7) is 0. The van der Waals surface area contributed by atoms with Crippen molar-refractivity contribution in [3.8, 4) is 0 Å². The van der Waals surface area contributed by atoms with Crippen molar-refractivity contribution >= 4 is 0 Å². The van der Waals surface area contributed by atoms with E-state index in [4.69, 9.17) is 0 Å². The van der Waals surface area contributed by atoms with Crippen LogP contribution in [0.3, 0.4) is 0 Å². The second-order valence-electron chi connectivity index (χ2n) is 0. The van der Waals surface area contributed by atoms with Crippen LogP contribution in [0.1, 0.15) is 0 Å². The molecule has 0 saturated heterocycles. The monoisotopic (exact) mass is 174 g/mol. The van der Waals surface area contributed by atoms with Gasteiger partial charge in [-0.3, -0.25) is 0 Å². The van der Waals surface area contributed by atoms with Crippen LogP contribution >= 0.6 is 0 Å². The second kappa shape index (κ2) is 181. The maximum atomic E-state index is 0. The maximum absolute atomic E-state index is 0. The van der Waals surface area contributed by atoms with Crippen molar-refractivity contribution in [1.82, 2.24) is 0 Å². The molecule has 38 valence electrons. The molecule has 4 nitrogen and oxygen atoms in total. The first-order valence-electron chi connectivity index (χ1n) is 0.